The van der Waals surface area contributed by atoms with Crippen molar-refractivity contribution in [1.82, 2.24) is 0 Å². The van der Waals surface area contributed by atoms with Gasteiger partial charge in [0.15, 0.2) is 24.1 Å². The molecule has 142 valence electrons. The highest BCUT2D eigenvalue weighted by Gasteiger charge is 2.51. The maximum atomic E-state index is 12.4. The standard InChI is InChI=1S/C21H28O5/c1-5-6-16-12-21(20(11-17(16)22)25-13-26-21)14(2)9-15-7-8-18(23-3)19(10-15)24-4/h7-8,10-11,14,16H,5-6,9,12-13H2,1-4H3/t14-,16-,21+/m0/s1. The highest BCUT2D eigenvalue weighted by Crippen LogP contribution is 2.46. The van der Waals surface area contributed by atoms with Crippen molar-refractivity contribution in [2.75, 3.05) is 21.0 Å². The van der Waals surface area contributed by atoms with Gasteiger partial charge in [-0.3, -0.25) is 4.79 Å². The van der Waals surface area contributed by atoms with Crippen LogP contribution in [0, 0.1) is 11.8 Å². The van der Waals surface area contributed by atoms with Crippen LogP contribution in [0.3, 0.4) is 0 Å². The van der Waals surface area contributed by atoms with E-state index < -0.39 is 5.60 Å². The number of fused-ring (bicyclic) bond motifs is 1. The molecule has 0 aromatic heterocycles. The van der Waals surface area contributed by atoms with Crippen LogP contribution in [0.5, 0.6) is 11.5 Å². The molecule has 0 N–H and O–H groups in total. The van der Waals surface area contributed by atoms with Crippen molar-refractivity contribution >= 4 is 5.78 Å². The van der Waals surface area contributed by atoms with Crippen LogP contribution in [0.1, 0.15) is 38.7 Å². The van der Waals surface area contributed by atoms with Crippen molar-refractivity contribution in [3.8, 4) is 11.5 Å². The number of carbonyl (C=O) groups is 1. The minimum absolute atomic E-state index is 0.0123. The van der Waals surface area contributed by atoms with Crippen LogP contribution in [-0.2, 0) is 20.7 Å². The lowest BCUT2D eigenvalue weighted by molar-refractivity contribution is -0.123. The maximum absolute atomic E-state index is 12.4. The zero-order chi connectivity index (χ0) is 18.7. The molecule has 26 heavy (non-hydrogen) atoms. The summed E-state index contributed by atoms with van der Waals surface area (Å²) in [5, 5.41) is 0. The van der Waals surface area contributed by atoms with E-state index in [0.717, 1.165) is 36.3 Å². The van der Waals surface area contributed by atoms with Crippen molar-refractivity contribution in [2.24, 2.45) is 11.8 Å². The number of hydrogen-bond acceptors (Lipinski definition) is 5. The van der Waals surface area contributed by atoms with Crippen LogP contribution < -0.4 is 9.47 Å². The molecule has 0 unspecified atom stereocenters. The third-order valence-electron chi connectivity index (χ3n) is 5.60. The molecule has 1 fully saturated rings. The lowest BCUT2D eigenvalue weighted by Gasteiger charge is -2.38. The monoisotopic (exact) mass is 360 g/mol. The third-order valence-corrected chi connectivity index (χ3v) is 5.60. The van der Waals surface area contributed by atoms with Crippen LogP contribution in [0.25, 0.3) is 0 Å². The SMILES string of the molecule is CCC[C@H]1C[C@]2([C@@H](C)Cc3ccc(OC)c(OC)c3)OCOC2=CC1=O. The van der Waals surface area contributed by atoms with E-state index >= 15 is 0 Å². The second-order valence-corrected chi connectivity index (χ2v) is 7.19. The molecule has 0 amide bonds. The van der Waals surface area contributed by atoms with Crippen molar-refractivity contribution in [3.63, 3.8) is 0 Å². The molecule has 1 aliphatic heterocycles. The Labute approximate surface area is 155 Å². The first kappa shape index (κ1) is 18.8. The van der Waals surface area contributed by atoms with Gasteiger partial charge in [0.2, 0.25) is 0 Å². The number of rotatable bonds is 7. The molecule has 0 bridgehead atoms. The van der Waals surface area contributed by atoms with Gasteiger partial charge in [0.1, 0.15) is 11.4 Å². The molecule has 1 heterocycles. The normalized spacial score (nSPS) is 25.9. The Kier molecular flexibility index (Phi) is 5.56. The summed E-state index contributed by atoms with van der Waals surface area (Å²) >= 11 is 0. The number of carbonyl (C=O) groups excluding carboxylic acids is 1. The fourth-order valence-electron chi connectivity index (χ4n) is 4.13. The Morgan fingerprint density at radius 3 is 2.73 bits per heavy atom. The Morgan fingerprint density at radius 1 is 1.27 bits per heavy atom. The number of benzene rings is 1. The summed E-state index contributed by atoms with van der Waals surface area (Å²) < 4.78 is 22.5. The summed E-state index contributed by atoms with van der Waals surface area (Å²) in [6, 6.07) is 5.97. The average molecular weight is 360 g/mol. The largest absolute Gasteiger partial charge is 0.493 e. The van der Waals surface area contributed by atoms with Crippen molar-refractivity contribution in [2.45, 2.75) is 45.1 Å². The Bertz CT molecular complexity index is 696. The Hall–Kier alpha value is -2.01. The van der Waals surface area contributed by atoms with Gasteiger partial charge in [-0.2, -0.15) is 0 Å². The minimum Gasteiger partial charge on any atom is -0.493 e. The second-order valence-electron chi connectivity index (χ2n) is 7.19. The van der Waals surface area contributed by atoms with Gasteiger partial charge in [-0.15, -0.1) is 0 Å². The van der Waals surface area contributed by atoms with E-state index in [1.54, 1.807) is 20.3 Å². The molecule has 1 aromatic carbocycles. The predicted molar refractivity (Wildman–Crippen MR) is 98.3 cm³/mol. The van der Waals surface area contributed by atoms with Crippen LogP contribution in [0.4, 0.5) is 0 Å². The van der Waals surface area contributed by atoms with Gasteiger partial charge in [-0.25, -0.2) is 0 Å². The van der Waals surface area contributed by atoms with E-state index in [-0.39, 0.29) is 24.4 Å². The minimum atomic E-state index is -0.513. The fourth-order valence-corrected chi connectivity index (χ4v) is 4.13. The Balaban J connectivity index is 1.85. The molecule has 0 radical (unpaired) electrons. The first-order chi connectivity index (χ1) is 12.5. The summed E-state index contributed by atoms with van der Waals surface area (Å²) in [7, 11) is 3.27. The summed E-state index contributed by atoms with van der Waals surface area (Å²) in [6.07, 6.45) is 5.04. The van der Waals surface area contributed by atoms with Crippen LogP contribution >= 0.6 is 0 Å². The number of allylic oxidation sites excluding steroid dienone is 1. The van der Waals surface area contributed by atoms with E-state index in [1.165, 1.54) is 0 Å². The first-order valence-electron chi connectivity index (χ1n) is 9.27. The lowest BCUT2D eigenvalue weighted by atomic mass is 9.71. The number of hydrogen-bond donors (Lipinski definition) is 0. The fraction of sp³-hybridized carbons (Fsp3) is 0.571. The van der Waals surface area contributed by atoms with Crippen molar-refractivity contribution in [3.05, 3.63) is 35.6 Å². The van der Waals surface area contributed by atoms with Gasteiger partial charge in [0.25, 0.3) is 0 Å². The van der Waals surface area contributed by atoms with Gasteiger partial charge < -0.3 is 18.9 Å². The maximum Gasteiger partial charge on any atom is 0.189 e. The van der Waals surface area contributed by atoms with Gasteiger partial charge in [0, 0.05) is 12.0 Å². The molecule has 2 aliphatic rings. The predicted octanol–water partition coefficient (Wildman–Crippen LogP) is 3.90. The van der Waals surface area contributed by atoms with Crippen LogP contribution in [0.2, 0.25) is 0 Å². The molecule has 0 spiro atoms. The van der Waals surface area contributed by atoms with Gasteiger partial charge in [-0.1, -0.05) is 26.3 Å². The molecular formula is C21H28O5. The van der Waals surface area contributed by atoms with E-state index in [1.807, 2.05) is 18.2 Å². The summed E-state index contributed by atoms with van der Waals surface area (Å²) in [5.41, 5.74) is 0.629. The van der Waals surface area contributed by atoms with Crippen LogP contribution in [0.15, 0.2) is 30.0 Å². The summed E-state index contributed by atoms with van der Waals surface area (Å²) in [5.74, 6) is 2.48. The highest BCUT2D eigenvalue weighted by atomic mass is 16.7. The first-order valence-corrected chi connectivity index (χ1v) is 9.27. The molecule has 1 saturated heterocycles. The molecule has 5 nitrogen and oxygen atoms in total. The number of methoxy groups -OCH3 is 2. The molecule has 5 heteroatoms. The smallest absolute Gasteiger partial charge is 0.189 e. The summed E-state index contributed by atoms with van der Waals surface area (Å²) in [6.45, 7) is 4.49. The molecule has 1 aliphatic carbocycles. The molecule has 3 rings (SSSR count). The van der Waals surface area contributed by atoms with Crippen molar-refractivity contribution < 1.29 is 23.7 Å². The van der Waals surface area contributed by atoms with Gasteiger partial charge >= 0.3 is 0 Å². The van der Waals surface area contributed by atoms with Crippen LogP contribution in [-0.4, -0.2) is 32.4 Å². The van der Waals surface area contributed by atoms with Gasteiger partial charge in [-0.05, 0) is 42.9 Å². The summed E-state index contributed by atoms with van der Waals surface area (Å²) in [4.78, 5) is 12.4. The van der Waals surface area contributed by atoms with E-state index in [9.17, 15) is 4.79 Å². The highest BCUT2D eigenvalue weighted by molar-refractivity contribution is 5.93. The second kappa shape index (κ2) is 7.70. The number of ether oxygens (including phenoxy) is 4. The van der Waals surface area contributed by atoms with E-state index in [2.05, 4.69) is 13.8 Å². The van der Waals surface area contributed by atoms with Gasteiger partial charge in [0.05, 0.1) is 14.2 Å². The van der Waals surface area contributed by atoms with E-state index in [4.69, 9.17) is 18.9 Å². The molecule has 3 atom stereocenters. The quantitative estimate of drug-likeness (QED) is 0.738. The lowest BCUT2D eigenvalue weighted by Crippen LogP contribution is -2.44. The Morgan fingerprint density at radius 2 is 2.04 bits per heavy atom. The average Bonchev–Trinajstić information content (AvgIpc) is 3.06. The zero-order valence-corrected chi connectivity index (χ0v) is 16.0. The zero-order valence-electron chi connectivity index (χ0n) is 16.0. The van der Waals surface area contributed by atoms with E-state index in [0.29, 0.717) is 12.2 Å². The molecule has 0 saturated carbocycles. The third kappa shape index (κ3) is 3.32. The molecule has 1 aromatic rings. The molecular weight excluding hydrogens is 332 g/mol. The number of ketones is 1. The van der Waals surface area contributed by atoms with Crippen molar-refractivity contribution in [1.29, 1.82) is 0 Å². The topological polar surface area (TPSA) is 54.0 Å².